The maximum atomic E-state index is 9.50. The van der Waals surface area contributed by atoms with Gasteiger partial charge >= 0.3 is 0 Å². The topological polar surface area (TPSA) is 35.5 Å². The van der Waals surface area contributed by atoms with Crippen LogP contribution in [0.2, 0.25) is 0 Å². The second-order valence-corrected chi connectivity index (χ2v) is 6.92. The number of rotatable bonds is 5. The van der Waals surface area contributed by atoms with Crippen molar-refractivity contribution in [1.82, 2.24) is 10.2 Å². The van der Waals surface area contributed by atoms with Crippen molar-refractivity contribution < 1.29 is 5.11 Å². The van der Waals surface area contributed by atoms with Gasteiger partial charge in [-0.1, -0.05) is 19.8 Å². The van der Waals surface area contributed by atoms with Gasteiger partial charge in [-0.2, -0.15) is 0 Å². The Morgan fingerprint density at radius 1 is 1.28 bits per heavy atom. The van der Waals surface area contributed by atoms with Crippen molar-refractivity contribution in [3.8, 4) is 0 Å². The van der Waals surface area contributed by atoms with Gasteiger partial charge in [0.1, 0.15) is 0 Å². The van der Waals surface area contributed by atoms with E-state index in [4.69, 9.17) is 0 Å². The Morgan fingerprint density at radius 3 is 2.61 bits per heavy atom. The fourth-order valence-electron chi connectivity index (χ4n) is 2.63. The Morgan fingerprint density at radius 2 is 2.00 bits per heavy atom. The summed E-state index contributed by atoms with van der Waals surface area (Å²) in [5.74, 6) is 0.636. The molecular formula is C15H32N2O. The van der Waals surface area contributed by atoms with Crippen molar-refractivity contribution in [2.75, 3.05) is 26.2 Å². The molecule has 1 rings (SSSR count). The molecule has 0 aromatic rings. The van der Waals surface area contributed by atoms with E-state index in [1.807, 2.05) is 0 Å². The summed E-state index contributed by atoms with van der Waals surface area (Å²) >= 11 is 0. The summed E-state index contributed by atoms with van der Waals surface area (Å²) in [6, 6.07) is 0.393. The van der Waals surface area contributed by atoms with Crippen molar-refractivity contribution in [1.29, 1.82) is 0 Å². The first-order chi connectivity index (χ1) is 8.42. The molecule has 0 bridgehead atoms. The molecule has 0 amide bonds. The number of hydrogen-bond donors (Lipinski definition) is 2. The first-order valence-corrected chi connectivity index (χ1v) is 7.52. The lowest BCUT2D eigenvalue weighted by atomic mass is 10.1. The number of aliphatic hydroxyl groups is 1. The summed E-state index contributed by atoms with van der Waals surface area (Å²) in [6.45, 7) is 12.6. The van der Waals surface area contributed by atoms with Gasteiger partial charge in [-0.05, 0) is 52.6 Å². The minimum atomic E-state index is 0.198. The smallest absolute Gasteiger partial charge is 0.0586 e. The van der Waals surface area contributed by atoms with Crippen LogP contribution in [0.4, 0.5) is 0 Å². The predicted octanol–water partition coefficient (Wildman–Crippen LogP) is 2.25. The molecule has 3 heteroatoms. The van der Waals surface area contributed by atoms with E-state index in [2.05, 4.69) is 37.9 Å². The summed E-state index contributed by atoms with van der Waals surface area (Å²) in [6.07, 6.45) is 5.05. The molecule has 0 spiro atoms. The molecule has 3 nitrogen and oxygen atoms in total. The largest absolute Gasteiger partial charge is 0.395 e. The fraction of sp³-hybridized carbons (Fsp3) is 1.00. The zero-order valence-electron chi connectivity index (χ0n) is 12.7. The molecule has 0 aliphatic carbocycles. The highest BCUT2D eigenvalue weighted by Crippen LogP contribution is 2.17. The van der Waals surface area contributed by atoms with Crippen molar-refractivity contribution in [2.45, 2.75) is 65.0 Å². The minimum absolute atomic E-state index is 0.198. The van der Waals surface area contributed by atoms with Crippen molar-refractivity contribution in [2.24, 2.45) is 5.92 Å². The van der Waals surface area contributed by atoms with Crippen molar-refractivity contribution in [3.63, 3.8) is 0 Å². The number of nitrogens with zero attached hydrogens (tertiary/aromatic N) is 1. The average molecular weight is 256 g/mol. The van der Waals surface area contributed by atoms with E-state index in [1.54, 1.807) is 0 Å². The Balaban J connectivity index is 2.38. The zero-order valence-corrected chi connectivity index (χ0v) is 12.7. The highest BCUT2D eigenvalue weighted by Gasteiger charge is 2.22. The Kier molecular flexibility index (Phi) is 6.61. The zero-order chi connectivity index (χ0) is 13.6. The van der Waals surface area contributed by atoms with Gasteiger partial charge in [0, 0.05) is 18.1 Å². The molecule has 0 aromatic carbocycles. The lowest BCUT2D eigenvalue weighted by Crippen LogP contribution is -2.44. The van der Waals surface area contributed by atoms with Crippen LogP contribution in [0.1, 0.15) is 53.4 Å². The second-order valence-electron chi connectivity index (χ2n) is 6.92. The molecule has 2 atom stereocenters. The van der Waals surface area contributed by atoms with E-state index >= 15 is 0 Å². The summed E-state index contributed by atoms with van der Waals surface area (Å²) in [5, 5.41) is 13.1. The van der Waals surface area contributed by atoms with Gasteiger partial charge in [0.05, 0.1) is 6.61 Å². The monoisotopic (exact) mass is 256 g/mol. The fourth-order valence-corrected chi connectivity index (χ4v) is 2.63. The Bertz CT molecular complexity index is 225. The van der Waals surface area contributed by atoms with E-state index in [9.17, 15) is 5.11 Å². The van der Waals surface area contributed by atoms with Crippen LogP contribution in [-0.4, -0.2) is 47.8 Å². The first kappa shape index (κ1) is 15.9. The molecule has 0 aromatic heterocycles. The van der Waals surface area contributed by atoms with E-state index in [1.165, 1.54) is 19.3 Å². The quantitative estimate of drug-likeness (QED) is 0.792. The molecule has 1 fully saturated rings. The van der Waals surface area contributed by atoms with Crippen molar-refractivity contribution in [3.05, 3.63) is 0 Å². The molecule has 0 saturated carbocycles. The third-order valence-electron chi connectivity index (χ3n) is 3.74. The lowest BCUT2D eigenvalue weighted by molar-refractivity contribution is 0.109. The molecule has 1 heterocycles. The average Bonchev–Trinajstić information content (AvgIpc) is 2.50. The summed E-state index contributed by atoms with van der Waals surface area (Å²) < 4.78 is 0. The number of aliphatic hydroxyl groups excluding tert-OH is 1. The molecular weight excluding hydrogens is 224 g/mol. The Hall–Kier alpha value is -0.120. The van der Waals surface area contributed by atoms with Crippen LogP contribution in [0.5, 0.6) is 0 Å². The van der Waals surface area contributed by atoms with Crippen LogP contribution in [0.15, 0.2) is 0 Å². The third-order valence-corrected chi connectivity index (χ3v) is 3.74. The second kappa shape index (κ2) is 7.46. The molecule has 1 saturated heterocycles. The van der Waals surface area contributed by atoms with Crippen LogP contribution in [0, 0.1) is 5.92 Å². The molecule has 2 N–H and O–H groups in total. The van der Waals surface area contributed by atoms with E-state index < -0.39 is 0 Å². The predicted molar refractivity (Wildman–Crippen MR) is 77.8 cm³/mol. The van der Waals surface area contributed by atoms with Gasteiger partial charge < -0.3 is 10.4 Å². The maximum Gasteiger partial charge on any atom is 0.0586 e. The standard InChI is InChI=1S/C15H32N2O/c1-13(10-16-15(2,3)4)11-17-9-7-5-6-8-14(17)12-18/h13-14,16,18H,5-12H2,1-4H3. The van der Waals surface area contributed by atoms with Crippen LogP contribution < -0.4 is 5.32 Å². The maximum absolute atomic E-state index is 9.50. The van der Waals surface area contributed by atoms with E-state index in [0.717, 1.165) is 26.1 Å². The Labute approximate surface area is 113 Å². The number of nitrogens with one attached hydrogen (secondary N) is 1. The molecule has 18 heavy (non-hydrogen) atoms. The highest BCUT2D eigenvalue weighted by molar-refractivity contribution is 4.78. The third kappa shape index (κ3) is 6.17. The van der Waals surface area contributed by atoms with Crippen LogP contribution in [0.3, 0.4) is 0 Å². The van der Waals surface area contributed by atoms with E-state index in [-0.39, 0.29) is 5.54 Å². The van der Waals surface area contributed by atoms with Gasteiger partial charge in [-0.3, -0.25) is 4.90 Å². The number of likely N-dealkylation sites (tertiary alicyclic amines) is 1. The van der Waals surface area contributed by atoms with Crippen LogP contribution in [0.25, 0.3) is 0 Å². The first-order valence-electron chi connectivity index (χ1n) is 7.52. The van der Waals surface area contributed by atoms with Gasteiger partial charge in [0.15, 0.2) is 0 Å². The molecule has 1 aliphatic rings. The SMILES string of the molecule is CC(CNC(C)(C)C)CN1CCCCCC1CO. The van der Waals surface area contributed by atoms with Crippen molar-refractivity contribution >= 4 is 0 Å². The number of hydrogen-bond acceptors (Lipinski definition) is 3. The van der Waals surface area contributed by atoms with E-state index in [0.29, 0.717) is 18.6 Å². The van der Waals surface area contributed by atoms with Gasteiger partial charge in [-0.25, -0.2) is 0 Å². The van der Waals surface area contributed by atoms with Gasteiger partial charge in [0.2, 0.25) is 0 Å². The van der Waals surface area contributed by atoms with Crippen LogP contribution >= 0.6 is 0 Å². The van der Waals surface area contributed by atoms with Crippen LogP contribution in [-0.2, 0) is 0 Å². The molecule has 0 radical (unpaired) electrons. The highest BCUT2D eigenvalue weighted by atomic mass is 16.3. The normalized spacial score (nSPS) is 24.8. The summed E-state index contributed by atoms with van der Waals surface area (Å²) in [7, 11) is 0. The summed E-state index contributed by atoms with van der Waals surface area (Å²) in [4.78, 5) is 2.50. The molecule has 2 unspecified atom stereocenters. The van der Waals surface area contributed by atoms with Gasteiger partial charge in [0.25, 0.3) is 0 Å². The molecule has 1 aliphatic heterocycles. The molecule has 108 valence electrons. The minimum Gasteiger partial charge on any atom is -0.395 e. The van der Waals surface area contributed by atoms with Gasteiger partial charge in [-0.15, -0.1) is 0 Å². The summed E-state index contributed by atoms with van der Waals surface area (Å²) in [5.41, 5.74) is 0.198. The lowest BCUT2D eigenvalue weighted by Gasteiger charge is -2.32.